The van der Waals surface area contributed by atoms with E-state index < -0.39 is 11.6 Å². The van der Waals surface area contributed by atoms with Crippen molar-refractivity contribution in [1.29, 1.82) is 0 Å². The van der Waals surface area contributed by atoms with E-state index in [2.05, 4.69) is 0 Å². The Bertz CT molecular complexity index is 536. The number of hydrogen-bond donors (Lipinski definition) is 1. The molecule has 0 bridgehead atoms. The molecule has 0 aliphatic carbocycles. The van der Waals surface area contributed by atoms with Crippen LogP contribution in [0.25, 0.3) is 0 Å². The van der Waals surface area contributed by atoms with Gasteiger partial charge in [0.15, 0.2) is 0 Å². The van der Waals surface area contributed by atoms with E-state index in [4.69, 9.17) is 17.3 Å². The molecule has 94 valence electrons. The number of hydrogen-bond acceptors (Lipinski definition) is 2. The average molecular weight is 269 g/mol. The molecular weight excluding hydrogens is 258 g/mol. The molecule has 0 spiro atoms. The van der Waals surface area contributed by atoms with Crippen LogP contribution >= 0.6 is 11.6 Å². The molecule has 0 radical (unpaired) electrons. The first-order chi connectivity index (χ1) is 8.49. The number of nitrogens with zero attached hydrogens (tertiary/aromatic N) is 1. The molecule has 0 aliphatic rings. The van der Waals surface area contributed by atoms with Gasteiger partial charge in [0.1, 0.15) is 11.6 Å². The number of anilines is 3. The van der Waals surface area contributed by atoms with Crippen LogP contribution in [0.4, 0.5) is 25.8 Å². The normalized spacial score (nSPS) is 10.4. The highest BCUT2D eigenvalue weighted by molar-refractivity contribution is 6.31. The SMILES string of the molecule is CN(c1ccc(Cl)cc1N)c1ccc(F)cc1F. The summed E-state index contributed by atoms with van der Waals surface area (Å²) in [6.45, 7) is 0. The van der Waals surface area contributed by atoms with Crippen molar-refractivity contribution in [3.05, 3.63) is 53.1 Å². The van der Waals surface area contributed by atoms with Crippen molar-refractivity contribution < 1.29 is 8.78 Å². The lowest BCUT2D eigenvalue weighted by molar-refractivity contribution is 0.583. The second kappa shape index (κ2) is 4.82. The van der Waals surface area contributed by atoms with Gasteiger partial charge in [0.25, 0.3) is 0 Å². The third kappa shape index (κ3) is 2.38. The molecule has 0 aliphatic heterocycles. The molecule has 0 fully saturated rings. The van der Waals surface area contributed by atoms with Crippen molar-refractivity contribution >= 4 is 28.7 Å². The van der Waals surface area contributed by atoms with Gasteiger partial charge in [0.05, 0.1) is 17.1 Å². The van der Waals surface area contributed by atoms with Crippen molar-refractivity contribution in [2.75, 3.05) is 17.7 Å². The van der Waals surface area contributed by atoms with Crippen LogP contribution in [0.2, 0.25) is 5.02 Å². The van der Waals surface area contributed by atoms with Crippen LogP contribution in [0.5, 0.6) is 0 Å². The van der Waals surface area contributed by atoms with Gasteiger partial charge in [-0.05, 0) is 30.3 Å². The summed E-state index contributed by atoms with van der Waals surface area (Å²) in [7, 11) is 1.65. The molecule has 2 aromatic rings. The molecule has 2 aromatic carbocycles. The molecule has 0 saturated carbocycles. The smallest absolute Gasteiger partial charge is 0.149 e. The van der Waals surface area contributed by atoms with Gasteiger partial charge in [-0.2, -0.15) is 0 Å². The van der Waals surface area contributed by atoms with Crippen LogP contribution in [-0.4, -0.2) is 7.05 Å². The molecule has 18 heavy (non-hydrogen) atoms. The Hall–Kier alpha value is -1.81. The molecule has 0 saturated heterocycles. The van der Waals surface area contributed by atoms with Gasteiger partial charge in [-0.3, -0.25) is 0 Å². The van der Waals surface area contributed by atoms with E-state index in [1.807, 2.05) is 0 Å². The maximum absolute atomic E-state index is 13.6. The number of nitrogen functional groups attached to an aromatic ring is 1. The largest absolute Gasteiger partial charge is 0.397 e. The fraction of sp³-hybridized carbons (Fsp3) is 0.0769. The number of nitrogens with two attached hydrogens (primary N) is 1. The molecule has 0 aromatic heterocycles. The quantitative estimate of drug-likeness (QED) is 0.835. The van der Waals surface area contributed by atoms with Crippen molar-refractivity contribution in [2.45, 2.75) is 0 Å². The van der Waals surface area contributed by atoms with Gasteiger partial charge < -0.3 is 10.6 Å². The van der Waals surface area contributed by atoms with E-state index in [1.54, 1.807) is 30.1 Å². The molecule has 5 heteroatoms. The van der Waals surface area contributed by atoms with Crippen molar-refractivity contribution in [3.8, 4) is 0 Å². The predicted molar refractivity (Wildman–Crippen MR) is 70.3 cm³/mol. The van der Waals surface area contributed by atoms with Crippen LogP contribution in [0.15, 0.2) is 36.4 Å². The van der Waals surface area contributed by atoms with Gasteiger partial charge in [0.2, 0.25) is 0 Å². The minimum Gasteiger partial charge on any atom is -0.397 e. The zero-order valence-corrected chi connectivity index (χ0v) is 10.4. The Kier molecular flexibility index (Phi) is 3.39. The minimum absolute atomic E-state index is 0.241. The minimum atomic E-state index is -0.646. The van der Waals surface area contributed by atoms with E-state index in [1.165, 1.54) is 12.1 Å². The lowest BCUT2D eigenvalue weighted by atomic mass is 10.2. The molecule has 2 nitrogen and oxygen atoms in total. The topological polar surface area (TPSA) is 29.3 Å². The number of halogens is 3. The maximum atomic E-state index is 13.6. The van der Waals surface area contributed by atoms with Crippen LogP contribution in [0, 0.1) is 11.6 Å². The highest BCUT2D eigenvalue weighted by atomic mass is 35.5. The molecule has 0 amide bonds. The summed E-state index contributed by atoms with van der Waals surface area (Å²) in [6, 6.07) is 8.30. The van der Waals surface area contributed by atoms with Crippen molar-refractivity contribution in [2.24, 2.45) is 0 Å². The second-order valence-corrected chi connectivity index (χ2v) is 4.29. The van der Waals surface area contributed by atoms with E-state index in [9.17, 15) is 8.78 Å². The third-order valence-electron chi connectivity index (χ3n) is 2.62. The van der Waals surface area contributed by atoms with Crippen molar-refractivity contribution in [3.63, 3.8) is 0 Å². The highest BCUT2D eigenvalue weighted by Gasteiger charge is 2.12. The molecule has 2 N–H and O–H groups in total. The van der Waals surface area contributed by atoms with E-state index in [0.717, 1.165) is 6.07 Å². The van der Waals surface area contributed by atoms with Crippen LogP contribution in [0.1, 0.15) is 0 Å². The summed E-state index contributed by atoms with van der Waals surface area (Å²) in [4.78, 5) is 1.54. The molecular formula is C13H11ClF2N2. The number of rotatable bonds is 2. The van der Waals surface area contributed by atoms with Crippen molar-refractivity contribution in [1.82, 2.24) is 0 Å². The van der Waals surface area contributed by atoms with Crippen LogP contribution < -0.4 is 10.6 Å². The van der Waals surface area contributed by atoms with E-state index >= 15 is 0 Å². The first-order valence-electron chi connectivity index (χ1n) is 5.23. The zero-order valence-electron chi connectivity index (χ0n) is 9.62. The summed E-state index contributed by atoms with van der Waals surface area (Å²) in [5.74, 6) is -1.26. The summed E-state index contributed by atoms with van der Waals surface area (Å²) in [5, 5.41) is 0.504. The van der Waals surface area contributed by atoms with Gasteiger partial charge >= 0.3 is 0 Å². The Morgan fingerprint density at radius 2 is 1.72 bits per heavy atom. The van der Waals surface area contributed by atoms with Gasteiger partial charge in [0, 0.05) is 18.1 Å². The Morgan fingerprint density at radius 3 is 2.33 bits per heavy atom. The lowest BCUT2D eigenvalue weighted by Gasteiger charge is -2.21. The van der Waals surface area contributed by atoms with E-state index in [-0.39, 0.29) is 5.69 Å². The van der Waals surface area contributed by atoms with E-state index in [0.29, 0.717) is 16.4 Å². The third-order valence-corrected chi connectivity index (χ3v) is 2.86. The Balaban J connectivity index is 2.44. The standard InChI is InChI=1S/C13H11ClF2N2/c1-18(12-5-3-9(15)7-10(12)16)13-4-2-8(14)6-11(13)17/h2-7H,17H2,1H3. The molecule has 0 atom stereocenters. The monoisotopic (exact) mass is 268 g/mol. The zero-order chi connectivity index (χ0) is 13.3. The lowest BCUT2D eigenvalue weighted by Crippen LogP contribution is -2.13. The number of benzene rings is 2. The fourth-order valence-corrected chi connectivity index (χ4v) is 1.89. The Labute approximate surface area is 109 Å². The van der Waals surface area contributed by atoms with Gasteiger partial charge in [-0.1, -0.05) is 11.6 Å². The maximum Gasteiger partial charge on any atom is 0.149 e. The molecule has 0 unspecified atom stereocenters. The molecule has 2 rings (SSSR count). The van der Waals surface area contributed by atoms with Crippen LogP contribution in [0.3, 0.4) is 0 Å². The summed E-state index contributed by atoms with van der Waals surface area (Å²) < 4.78 is 26.5. The first-order valence-corrected chi connectivity index (χ1v) is 5.60. The summed E-state index contributed by atoms with van der Waals surface area (Å²) in [6.07, 6.45) is 0. The van der Waals surface area contributed by atoms with Gasteiger partial charge in [-0.15, -0.1) is 0 Å². The average Bonchev–Trinajstić information content (AvgIpc) is 2.28. The summed E-state index contributed by atoms with van der Waals surface area (Å²) >= 11 is 5.80. The fourth-order valence-electron chi connectivity index (χ4n) is 1.71. The second-order valence-electron chi connectivity index (χ2n) is 3.86. The Morgan fingerprint density at radius 1 is 1.06 bits per heavy atom. The summed E-state index contributed by atoms with van der Waals surface area (Å²) in [5.41, 5.74) is 7.08. The predicted octanol–water partition coefficient (Wildman–Crippen LogP) is 3.97. The molecule has 0 heterocycles. The highest BCUT2D eigenvalue weighted by Crippen LogP contribution is 2.32. The first kappa shape index (κ1) is 12.6. The van der Waals surface area contributed by atoms with Crippen LogP contribution in [-0.2, 0) is 0 Å². The van der Waals surface area contributed by atoms with Gasteiger partial charge in [-0.25, -0.2) is 8.78 Å².